The maximum Gasteiger partial charge on any atom is 0.159 e. The monoisotopic (exact) mass is 206 g/mol. The fraction of sp³-hybridized carbons (Fsp3) is 0.250. The van der Waals surface area contributed by atoms with Gasteiger partial charge in [0.1, 0.15) is 12.1 Å². The lowest BCUT2D eigenvalue weighted by atomic mass is 10.2. The van der Waals surface area contributed by atoms with Gasteiger partial charge in [0.2, 0.25) is 0 Å². The minimum Gasteiger partial charge on any atom is -0.303 e. The van der Waals surface area contributed by atoms with Crippen molar-refractivity contribution in [3.05, 3.63) is 35.9 Å². The van der Waals surface area contributed by atoms with E-state index in [2.05, 4.69) is 0 Å². The molecular weight excluding hydrogens is 192 g/mol. The molecule has 0 amide bonds. The van der Waals surface area contributed by atoms with Crippen LogP contribution in [0.1, 0.15) is 30.6 Å². The molecular formula is C12H14O3. The first kappa shape index (κ1) is 13.2. The summed E-state index contributed by atoms with van der Waals surface area (Å²) in [5, 5.41) is 0. The van der Waals surface area contributed by atoms with Gasteiger partial charge in [-0.2, -0.15) is 0 Å². The van der Waals surface area contributed by atoms with Crippen molar-refractivity contribution in [3.8, 4) is 0 Å². The van der Waals surface area contributed by atoms with Gasteiger partial charge in [-0.1, -0.05) is 30.3 Å². The molecule has 3 nitrogen and oxygen atoms in total. The molecule has 0 heterocycles. The molecule has 0 saturated carbocycles. The van der Waals surface area contributed by atoms with E-state index in [4.69, 9.17) is 0 Å². The molecule has 0 N–H and O–H groups in total. The van der Waals surface area contributed by atoms with Crippen LogP contribution in [0.5, 0.6) is 0 Å². The molecule has 1 rings (SSSR count). The molecule has 1 aromatic rings. The molecule has 0 unspecified atom stereocenters. The zero-order chi connectivity index (χ0) is 11.7. The van der Waals surface area contributed by atoms with E-state index in [9.17, 15) is 14.4 Å². The van der Waals surface area contributed by atoms with E-state index >= 15 is 0 Å². The standard InChI is InChI=1S/C8H8O.C4H6O2/c1-7(9)8-5-3-2-4-6-8;1-4(6)2-3-5/h2-6H,1H3;3H,2H2,1H3. The Bertz CT molecular complexity index is 328. The molecule has 15 heavy (non-hydrogen) atoms. The Balaban J connectivity index is 0.000000288. The number of carbonyl (C=O) groups excluding carboxylic acids is 3. The summed E-state index contributed by atoms with van der Waals surface area (Å²) < 4.78 is 0. The first-order chi connectivity index (χ1) is 7.07. The quantitative estimate of drug-likeness (QED) is 0.432. The number of carbonyl (C=O) groups is 3. The smallest absolute Gasteiger partial charge is 0.159 e. The number of hydrogen-bond acceptors (Lipinski definition) is 3. The van der Waals surface area contributed by atoms with E-state index in [-0.39, 0.29) is 18.0 Å². The van der Waals surface area contributed by atoms with Crippen molar-refractivity contribution in [2.75, 3.05) is 0 Å². The van der Waals surface area contributed by atoms with Gasteiger partial charge in [-0.05, 0) is 13.8 Å². The highest BCUT2D eigenvalue weighted by atomic mass is 16.1. The average molecular weight is 206 g/mol. The van der Waals surface area contributed by atoms with Crippen LogP contribution < -0.4 is 0 Å². The number of rotatable bonds is 3. The highest BCUT2D eigenvalue weighted by molar-refractivity contribution is 5.93. The molecule has 0 spiro atoms. The average Bonchev–Trinajstić information content (AvgIpc) is 2.20. The third-order valence-electron chi connectivity index (χ3n) is 1.55. The Morgan fingerprint density at radius 3 is 1.87 bits per heavy atom. The summed E-state index contributed by atoms with van der Waals surface area (Å²) in [6.07, 6.45) is 0.655. The summed E-state index contributed by atoms with van der Waals surface area (Å²) in [5.41, 5.74) is 0.775. The first-order valence-corrected chi connectivity index (χ1v) is 4.57. The van der Waals surface area contributed by atoms with Crippen molar-refractivity contribution in [2.45, 2.75) is 20.3 Å². The number of ketones is 2. The van der Waals surface area contributed by atoms with Gasteiger partial charge >= 0.3 is 0 Å². The molecule has 80 valence electrons. The third kappa shape index (κ3) is 7.31. The molecule has 0 atom stereocenters. The maximum absolute atomic E-state index is 10.6. The van der Waals surface area contributed by atoms with Crippen molar-refractivity contribution in [3.63, 3.8) is 0 Å². The second kappa shape index (κ2) is 7.62. The Morgan fingerprint density at radius 2 is 1.67 bits per heavy atom. The van der Waals surface area contributed by atoms with Crippen LogP contribution in [0.4, 0.5) is 0 Å². The minimum atomic E-state index is -0.0787. The molecule has 0 fully saturated rings. The van der Waals surface area contributed by atoms with Gasteiger partial charge in [0.15, 0.2) is 5.78 Å². The predicted octanol–water partition coefficient (Wildman–Crippen LogP) is 2.05. The zero-order valence-corrected chi connectivity index (χ0v) is 8.90. The number of aldehydes is 1. The summed E-state index contributed by atoms with van der Waals surface area (Å²) in [4.78, 5) is 29.9. The van der Waals surface area contributed by atoms with E-state index in [1.165, 1.54) is 6.92 Å². The third-order valence-corrected chi connectivity index (χ3v) is 1.55. The van der Waals surface area contributed by atoms with Crippen LogP contribution in [0.3, 0.4) is 0 Å². The second-order valence-electron chi connectivity index (χ2n) is 3.00. The van der Waals surface area contributed by atoms with Crippen molar-refractivity contribution in [1.29, 1.82) is 0 Å². The van der Waals surface area contributed by atoms with Crippen LogP contribution in [0.2, 0.25) is 0 Å². The van der Waals surface area contributed by atoms with Gasteiger partial charge in [0.25, 0.3) is 0 Å². The summed E-state index contributed by atoms with van der Waals surface area (Å²) >= 11 is 0. The largest absolute Gasteiger partial charge is 0.303 e. The summed E-state index contributed by atoms with van der Waals surface area (Å²) in [6, 6.07) is 9.23. The number of hydrogen-bond donors (Lipinski definition) is 0. The van der Waals surface area contributed by atoms with Crippen LogP contribution in [0, 0.1) is 0 Å². The molecule has 0 aliphatic heterocycles. The number of benzene rings is 1. The van der Waals surface area contributed by atoms with E-state index in [1.807, 2.05) is 30.3 Å². The van der Waals surface area contributed by atoms with Crippen LogP contribution in [-0.4, -0.2) is 17.9 Å². The number of Topliss-reactive ketones (excluding diaryl/α,β-unsaturated/α-hetero) is 2. The lowest BCUT2D eigenvalue weighted by Gasteiger charge is -1.89. The molecule has 0 aliphatic carbocycles. The Kier molecular flexibility index (Phi) is 6.72. The van der Waals surface area contributed by atoms with Crippen molar-refractivity contribution in [2.24, 2.45) is 0 Å². The van der Waals surface area contributed by atoms with E-state index < -0.39 is 0 Å². The van der Waals surface area contributed by atoms with Crippen LogP contribution in [0.25, 0.3) is 0 Å². The molecule has 0 saturated heterocycles. The second-order valence-corrected chi connectivity index (χ2v) is 3.00. The Hall–Kier alpha value is -1.77. The lowest BCUT2D eigenvalue weighted by molar-refractivity contribution is -0.120. The van der Waals surface area contributed by atoms with Crippen LogP contribution in [0.15, 0.2) is 30.3 Å². The van der Waals surface area contributed by atoms with Crippen LogP contribution in [-0.2, 0) is 9.59 Å². The van der Waals surface area contributed by atoms with Crippen LogP contribution >= 0.6 is 0 Å². The maximum atomic E-state index is 10.6. The highest BCUT2D eigenvalue weighted by Gasteiger charge is 1.92. The molecule has 0 bridgehead atoms. The molecule has 0 aliphatic rings. The van der Waals surface area contributed by atoms with Crippen molar-refractivity contribution < 1.29 is 14.4 Å². The molecule has 3 heteroatoms. The predicted molar refractivity (Wildman–Crippen MR) is 57.8 cm³/mol. The van der Waals surface area contributed by atoms with Gasteiger partial charge in [-0.15, -0.1) is 0 Å². The lowest BCUT2D eigenvalue weighted by Crippen LogP contribution is -1.88. The Morgan fingerprint density at radius 1 is 1.13 bits per heavy atom. The van der Waals surface area contributed by atoms with Crippen molar-refractivity contribution >= 4 is 17.9 Å². The van der Waals surface area contributed by atoms with Gasteiger partial charge in [-0.3, -0.25) is 9.59 Å². The van der Waals surface area contributed by atoms with Crippen molar-refractivity contribution in [1.82, 2.24) is 0 Å². The topological polar surface area (TPSA) is 51.2 Å². The normalized spacial score (nSPS) is 8.40. The highest BCUT2D eigenvalue weighted by Crippen LogP contribution is 1.97. The zero-order valence-electron chi connectivity index (χ0n) is 8.90. The van der Waals surface area contributed by atoms with Gasteiger partial charge in [0.05, 0.1) is 6.42 Å². The first-order valence-electron chi connectivity index (χ1n) is 4.57. The summed E-state index contributed by atoms with van der Waals surface area (Å²) in [6.45, 7) is 2.95. The van der Waals surface area contributed by atoms with E-state index in [0.717, 1.165) is 5.56 Å². The summed E-state index contributed by atoms with van der Waals surface area (Å²) in [5.74, 6) is 0.0422. The fourth-order valence-electron chi connectivity index (χ4n) is 0.790. The van der Waals surface area contributed by atoms with E-state index in [0.29, 0.717) is 6.29 Å². The van der Waals surface area contributed by atoms with E-state index in [1.54, 1.807) is 6.92 Å². The SMILES string of the molecule is CC(=O)CC=O.CC(=O)c1ccccc1. The minimum absolute atomic E-state index is 0.0556. The molecule has 0 radical (unpaired) electrons. The van der Waals surface area contributed by atoms with Gasteiger partial charge in [-0.25, -0.2) is 0 Å². The summed E-state index contributed by atoms with van der Waals surface area (Å²) in [7, 11) is 0. The van der Waals surface area contributed by atoms with Gasteiger partial charge < -0.3 is 4.79 Å². The molecule has 1 aromatic carbocycles. The fourth-order valence-corrected chi connectivity index (χ4v) is 0.790. The Labute approximate surface area is 89.1 Å². The molecule has 0 aromatic heterocycles. The van der Waals surface area contributed by atoms with Gasteiger partial charge in [0, 0.05) is 5.56 Å².